The van der Waals surface area contributed by atoms with Gasteiger partial charge in [0.15, 0.2) is 0 Å². The Bertz CT molecular complexity index is 572. The highest BCUT2D eigenvalue weighted by Crippen LogP contribution is 2.33. The highest BCUT2D eigenvalue weighted by atomic mass is 35.5. The third kappa shape index (κ3) is 3.94. The van der Waals surface area contributed by atoms with Gasteiger partial charge in [-0.2, -0.15) is 5.10 Å². The summed E-state index contributed by atoms with van der Waals surface area (Å²) in [5.74, 6) is 0.878. The summed E-state index contributed by atoms with van der Waals surface area (Å²) < 4.78 is 1.92. The summed E-state index contributed by atoms with van der Waals surface area (Å²) in [7, 11) is 1.97. The molecule has 2 aliphatic rings. The molecule has 0 spiro atoms. The molecular weight excluding hydrogens is 324 g/mol. The first-order valence-corrected chi connectivity index (χ1v) is 9.01. The van der Waals surface area contributed by atoms with Crippen LogP contribution in [0.15, 0.2) is 0 Å². The molecule has 1 aromatic heterocycles. The molecule has 0 bridgehead atoms. The zero-order valence-electron chi connectivity index (χ0n) is 15.3. The Morgan fingerprint density at radius 1 is 1.38 bits per heavy atom. The van der Waals surface area contributed by atoms with Crippen LogP contribution >= 0.6 is 12.4 Å². The van der Waals surface area contributed by atoms with Crippen LogP contribution in [0.4, 0.5) is 0 Å². The van der Waals surface area contributed by atoms with Gasteiger partial charge in [0.1, 0.15) is 0 Å². The number of fused-ring (bicyclic) bond motifs is 1. The number of aromatic nitrogens is 2. The Balaban J connectivity index is 0.00000208. The van der Waals surface area contributed by atoms with Crippen molar-refractivity contribution >= 4 is 18.3 Å². The van der Waals surface area contributed by atoms with Gasteiger partial charge in [-0.3, -0.25) is 9.48 Å². The van der Waals surface area contributed by atoms with E-state index >= 15 is 0 Å². The standard InChI is InChI=1S/C18H30N4O.ClH/c1-11(9-15-12(2)21-22(4)13(15)3)19-18(23)17-10-14-7-5-6-8-16(14)20-17;/h11,14,16-17,20H,5-10H2,1-4H3,(H,19,23);1H. The van der Waals surface area contributed by atoms with Crippen molar-refractivity contribution in [2.45, 2.75) is 77.4 Å². The van der Waals surface area contributed by atoms with E-state index in [1.165, 1.54) is 36.9 Å². The zero-order valence-corrected chi connectivity index (χ0v) is 16.1. The lowest BCUT2D eigenvalue weighted by Gasteiger charge is -2.24. The van der Waals surface area contributed by atoms with Gasteiger partial charge in [0.05, 0.1) is 11.7 Å². The maximum atomic E-state index is 12.6. The predicted molar refractivity (Wildman–Crippen MR) is 98.5 cm³/mol. The molecule has 2 N–H and O–H groups in total. The minimum atomic E-state index is 0. The fourth-order valence-corrected chi connectivity index (χ4v) is 4.33. The number of nitrogens with one attached hydrogen (secondary N) is 2. The van der Waals surface area contributed by atoms with Crippen LogP contribution in [-0.2, 0) is 18.3 Å². The third-order valence-electron chi connectivity index (χ3n) is 5.74. The number of aryl methyl sites for hydroxylation is 2. The molecule has 2 fully saturated rings. The average molecular weight is 355 g/mol. The summed E-state index contributed by atoms with van der Waals surface area (Å²) in [4.78, 5) is 12.6. The molecule has 5 nitrogen and oxygen atoms in total. The van der Waals surface area contributed by atoms with Crippen LogP contribution < -0.4 is 10.6 Å². The first-order valence-electron chi connectivity index (χ1n) is 9.01. The van der Waals surface area contributed by atoms with E-state index in [2.05, 4.69) is 29.6 Å². The van der Waals surface area contributed by atoms with Crippen molar-refractivity contribution in [2.75, 3.05) is 0 Å². The van der Waals surface area contributed by atoms with Crippen LogP contribution in [0.5, 0.6) is 0 Å². The molecule has 136 valence electrons. The second-order valence-electron chi connectivity index (χ2n) is 7.49. The number of halogens is 1. The maximum Gasteiger partial charge on any atom is 0.237 e. The third-order valence-corrected chi connectivity index (χ3v) is 5.74. The molecule has 3 rings (SSSR count). The lowest BCUT2D eigenvalue weighted by molar-refractivity contribution is -0.123. The van der Waals surface area contributed by atoms with Crippen molar-refractivity contribution < 1.29 is 4.79 Å². The van der Waals surface area contributed by atoms with Gasteiger partial charge >= 0.3 is 0 Å². The first-order chi connectivity index (χ1) is 11.0. The molecule has 1 aliphatic carbocycles. The normalized spacial score (nSPS) is 27.2. The molecule has 1 saturated heterocycles. The fraction of sp³-hybridized carbons (Fsp3) is 0.778. The smallest absolute Gasteiger partial charge is 0.237 e. The van der Waals surface area contributed by atoms with Gasteiger partial charge < -0.3 is 10.6 Å². The van der Waals surface area contributed by atoms with Gasteiger partial charge in [-0.15, -0.1) is 12.4 Å². The van der Waals surface area contributed by atoms with Crippen molar-refractivity contribution in [3.05, 3.63) is 17.0 Å². The monoisotopic (exact) mass is 354 g/mol. The fourth-order valence-electron chi connectivity index (χ4n) is 4.33. The number of hydrogen-bond acceptors (Lipinski definition) is 3. The molecule has 1 amide bonds. The van der Waals surface area contributed by atoms with Gasteiger partial charge in [0, 0.05) is 24.8 Å². The van der Waals surface area contributed by atoms with Crippen LogP contribution in [0.1, 0.15) is 56.0 Å². The highest BCUT2D eigenvalue weighted by Gasteiger charge is 2.38. The van der Waals surface area contributed by atoms with Crippen LogP contribution in [0, 0.1) is 19.8 Å². The number of carbonyl (C=O) groups is 1. The van der Waals surface area contributed by atoms with E-state index in [-0.39, 0.29) is 30.4 Å². The quantitative estimate of drug-likeness (QED) is 0.873. The molecule has 1 saturated carbocycles. The van der Waals surface area contributed by atoms with E-state index in [0.29, 0.717) is 12.0 Å². The van der Waals surface area contributed by atoms with Crippen molar-refractivity contribution in [1.82, 2.24) is 20.4 Å². The van der Waals surface area contributed by atoms with Gasteiger partial charge in [-0.25, -0.2) is 0 Å². The lowest BCUT2D eigenvalue weighted by atomic mass is 9.85. The summed E-state index contributed by atoms with van der Waals surface area (Å²) in [6.45, 7) is 6.22. The van der Waals surface area contributed by atoms with Crippen LogP contribution in [-0.4, -0.2) is 33.8 Å². The number of nitrogens with zero attached hydrogens (tertiary/aromatic N) is 2. The molecule has 1 aliphatic heterocycles. The predicted octanol–water partition coefficient (Wildman–Crippen LogP) is 2.43. The molecule has 6 heteroatoms. The van der Waals surface area contributed by atoms with E-state index in [4.69, 9.17) is 0 Å². The summed E-state index contributed by atoms with van der Waals surface area (Å²) in [6.07, 6.45) is 7.00. The molecule has 24 heavy (non-hydrogen) atoms. The Labute approximate surface area is 151 Å². The molecular formula is C18H31ClN4O. The molecule has 2 heterocycles. The SMILES string of the molecule is Cc1nn(C)c(C)c1CC(C)NC(=O)C1CC2CCCCC2N1.Cl. The van der Waals surface area contributed by atoms with E-state index in [1.807, 2.05) is 18.7 Å². The summed E-state index contributed by atoms with van der Waals surface area (Å²) in [6, 6.07) is 0.702. The summed E-state index contributed by atoms with van der Waals surface area (Å²) in [5.41, 5.74) is 3.51. The maximum absolute atomic E-state index is 12.6. The van der Waals surface area contributed by atoms with Crippen LogP contribution in [0.2, 0.25) is 0 Å². The van der Waals surface area contributed by atoms with Gasteiger partial charge in [0.2, 0.25) is 5.91 Å². The largest absolute Gasteiger partial charge is 0.352 e. The van der Waals surface area contributed by atoms with Crippen molar-refractivity contribution in [1.29, 1.82) is 0 Å². The van der Waals surface area contributed by atoms with E-state index in [0.717, 1.165) is 18.5 Å². The minimum absolute atomic E-state index is 0. The molecule has 0 radical (unpaired) electrons. The first kappa shape index (κ1) is 19.3. The number of hydrogen-bond donors (Lipinski definition) is 2. The van der Waals surface area contributed by atoms with Crippen LogP contribution in [0.25, 0.3) is 0 Å². The second kappa shape index (κ2) is 7.87. The van der Waals surface area contributed by atoms with Gasteiger partial charge in [-0.05, 0) is 57.9 Å². The molecule has 4 atom stereocenters. The second-order valence-corrected chi connectivity index (χ2v) is 7.49. The van der Waals surface area contributed by atoms with Crippen LogP contribution in [0.3, 0.4) is 0 Å². The Kier molecular flexibility index (Phi) is 6.32. The van der Waals surface area contributed by atoms with Crippen molar-refractivity contribution in [3.63, 3.8) is 0 Å². The van der Waals surface area contributed by atoms with Crippen molar-refractivity contribution in [2.24, 2.45) is 13.0 Å². The Morgan fingerprint density at radius 3 is 2.71 bits per heavy atom. The average Bonchev–Trinajstić information content (AvgIpc) is 3.04. The topological polar surface area (TPSA) is 59.0 Å². The molecule has 1 aromatic rings. The highest BCUT2D eigenvalue weighted by molar-refractivity contribution is 5.85. The summed E-state index contributed by atoms with van der Waals surface area (Å²) in [5, 5.41) is 11.2. The number of rotatable bonds is 4. The van der Waals surface area contributed by atoms with E-state index in [1.54, 1.807) is 0 Å². The van der Waals surface area contributed by atoms with E-state index in [9.17, 15) is 4.79 Å². The van der Waals surface area contributed by atoms with Gasteiger partial charge in [-0.1, -0.05) is 12.8 Å². The van der Waals surface area contributed by atoms with Crippen molar-refractivity contribution in [3.8, 4) is 0 Å². The van der Waals surface area contributed by atoms with E-state index < -0.39 is 0 Å². The molecule has 0 aromatic carbocycles. The number of carbonyl (C=O) groups excluding carboxylic acids is 1. The van der Waals surface area contributed by atoms with Gasteiger partial charge in [0.25, 0.3) is 0 Å². The summed E-state index contributed by atoms with van der Waals surface area (Å²) >= 11 is 0. The lowest BCUT2D eigenvalue weighted by Crippen LogP contribution is -2.46. The number of amides is 1. The zero-order chi connectivity index (χ0) is 16.6. The Hall–Kier alpha value is -1.07. The minimum Gasteiger partial charge on any atom is -0.352 e. The Morgan fingerprint density at radius 2 is 2.08 bits per heavy atom. The molecule has 4 unspecified atom stereocenters.